The second-order valence-corrected chi connectivity index (χ2v) is 8.16. The van der Waals surface area contributed by atoms with Crippen molar-refractivity contribution in [1.82, 2.24) is 0 Å². The van der Waals surface area contributed by atoms with Crippen molar-refractivity contribution in [3.63, 3.8) is 0 Å². The van der Waals surface area contributed by atoms with E-state index in [1.54, 1.807) is 0 Å². The van der Waals surface area contributed by atoms with Crippen LogP contribution in [-0.4, -0.2) is 0 Å². The summed E-state index contributed by atoms with van der Waals surface area (Å²) in [6.45, 7) is 0.900. The summed E-state index contributed by atoms with van der Waals surface area (Å²) in [5.74, 6) is 0. The highest BCUT2D eigenvalue weighted by Gasteiger charge is 2.08. The summed E-state index contributed by atoms with van der Waals surface area (Å²) in [6, 6.07) is 7.30. The van der Waals surface area contributed by atoms with Crippen LogP contribution in [0.2, 0.25) is 20.1 Å². The van der Waals surface area contributed by atoms with Gasteiger partial charge in [0.05, 0.1) is 33.3 Å². The molecule has 0 heterocycles. The maximum absolute atomic E-state index is 6.02. The van der Waals surface area contributed by atoms with Crippen LogP contribution in [0.4, 0.5) is 0 Å². The molecule has 0 radical (unpaired) electrons. The van der Waals surface area contributed by atoms with Crippen LogP contribution in [0.25, 0.3) is 0 Å². The van der Waals surface area contributed by atoms with Gasteiger partial charge in [-0.3, -0.25) is 0 Å². The Morgan fingerprint density at radius 1 is 0.667 bits per heavy atom. The highest BCUT2D eigenvalue weighted by atomic mass is 127. The Morgan fingerprint density at radius 2 is 1.00 bits per heavy atom. The van der Waals surface area contributed by atoms with Gasteiger partial charge in [-0.15, -0.1) is 0 Å². The minimum atomic E-state index is 0.450. The molecular weight excluding hydrogens is 580 g/mol. The van der Waals surface area contributed by atoms with Crippen LogP contribution in [0.15, 0.2) is 24.3 Å². The van der Waals surface area contributed by atoms with Crippen molar-refractivity contribution in [3.05, 3.63) is 62.6 Å². The van der Waals surface area contributed by atoms with Gasteiger partial charge in [0.15, 0.2) is 0 Å². The van der Waals surface area contributed by atoms with Crippen molar-refractivity contribution in [2.24, 2.45) is 0 Å². The van der Waals surface area contributed by atoms with E-state index >= 15 is 0 Å². The Bertz CT molecular complexity index is 619. The van der Waals surface area contributed by atoms with Gasteiger partial charge in [0, 0.05) is 7.14 Å². The van der Waals surface area contributed by atoms with E-state index in [0.29, 0.717) is 33.3 Å². The summed E-state index contributed by atoms with van der Waals surface area (Å²) >= 11 is 28.4. The summed E-state index contributed by atoms with van der Waals surface area (Å²) in [4.78, 5) is 0. The van der Waals surface area contributed by atoms with Crippen LogP contribution in [0, 0.1) is 7.14 Å². The second kappa shape index (κ2) is 8.22. The molecule has 0 saturated heterocycles. The SMILES string of the molecule is Clc1cc(I)c(COCc2cc(Cl)c(Cl)cc2I)cc1Cl. The standard InChI is InChI=1S/C14H8Cl4I2O/c15-9-1-7(13(19)3-11(9)17)5-21-6-8-2-10(16)12(18)4-14(8)20/h1-4H,5-6H2. The summed E-state index contributed by atoms with van der Waals surface area (Å²) < 4.78 is 7.78. The molecule has 0 aliphatic rings. The van der Waals surface area contributed by atoms with Gasteiger partial charge in [-0.2, -0.15) is 0 Å². The zero-order chi connectivity index (χ0) is 15.6. The lowest BCUT2D eigenvalue weighted by atomic mass is 10.2. The second-order valence-electron chi connectivity index (χ2n) is 4.21. The molecule has 0 amide bonds. The van der Waals surface area contributed by atoms with Crippen LogP contribution in [-0.2, 0) is 18.0 Å². The monoisotopic (exact) mass is 586 g/mol. The molecule has 0 N–H and O–H groups in total. The molecule has 2 aromatic rings. The Hall–Kier alpha value is 1.02. The van der Waals surface area contributed by atoms with Gasteiger partial charge in [-0.1, -0.05) is 46.4 Å². The first-order chi connectivity index (χ1) is 9.88. The predicted molar refractivity (Wildman–Crippen MR) is 107 cm³/mol. The van der Waals surface area contributed by atoms with E-state index in [0.717, 1.165) is 18.3 Å². The van der Waals surface area contributed by atoms with Gasteiger partial charge in [-0.25, -0.2) is 0 Å². The summed E-state index contributed by atoms with van der Waals surface area (Å²) in [7, 11) is 0. The fourth-order valence-electron chi connectivity index (χ4n) is 1.62. The molecule has 0 fully saturated rings. The maximum Gasteiger partial charge on any atom is 0.0732 e. The largest absolute Gasteiger partial charge is 0.372 e. The highest BCUT2D eigenvalue weighted by molar-refractivity contribution is 14.1. The third kappa shape index (κ3) is 4.99. The first-order valence-corrected chi connectivity index (χ1v) is 9.40. The molecule has 1 nitrogen and oxygen atoms in total. The average Bonchev–Trinajstić information content (AvgIpc) is 2.41. The Kier molecular flexibility index (Phi) is 7.18. The van der Waals surface area contributed by atoms with Crippen molar-refractivity contribution in [1.29, 1.82) is 0 Å². The van der Waals surface area contributed by atoms with Gasteiger partial charge in [-0.05, 0) is 80.6 Å². The van der Waals surface area contributed by atoms with Gasteiger partial charge < -0.3 is 4.74 Å². The van der Waals surface area contributed by atoms with Crippen molar-refractivity contribution < 1.29 is 4.74 Å². The molecule has 2 rings (SSSR count). The average molecular weight is 588 g/mol. The zero-order valence-corrected chi connectivity index (χ0v) is 17.7. The van der Waals surface area contributed by atoms with Gasteiger partial charge in [0.2, 0.25) is 0 Å². The molecule has 2 aromatic carbocycles. The lowest BCUT2D eigenvalue weighted by Gasteiger charge is -2.10. The van der Waals surface area contributed by atoms with Crippen molar-refractivity contribution >= 4 is 91.6 Å². The first kappa shape index (κ1) is 18.4. The van der Waals surface area contributed by atoms with Crippen molar-refractivity contribution in [2.45, 2.75) is 13.2 Å². The highest BCUT2D eigenvalue weighted by Crippen LogP contribution is 2.29. The van der Waals surface area contributed by atoms with E-state index in [1.807, 2.05) is 24.3 Å². The number of benzene rings is 2. The van der Waals surface area contributed by atoms with Gasteiger partial charge in [0.25, 0.3) is 0 Å². The van der Waals surface area contributed by atoms with Crippen LogP contribution < -0.4 is 0 Å². The van der Waals surface area contributed by atoms with Crippen molar-refractivity contribution in [3.8, 4) is 0 Å². The smallest absolute Gasteiger partial charge is 0.0732 e. The normalized spacial score (nSPS) is 11.0. The minimum absolute atomic E-state index is 0.450. The first-order valence-electron chi connectivity index (χ1n) is 5.73. The van der Waals surface area contributed by atoms with E-state index in [2.05, 4.69) is 45.2 Å². The number of hydrogen-bond acceptors (Lipinski definition) is 1. The molecule has 0 aliphatic heterocycles. The zero-order valence-electron chi connectivity index (χ0n) is 10.4. The molecule has 0 atom stereocenters. The molecule has 0 unspecified atom stereocenters. The minimum Gasteiger partial charge on any atom is -0.372 e. The van der Waals surface area contributed by atoms with Gasteiger partial charge >= 0.3 is 0 Å². The van der Waals surface area contributed by atoms with Crippen LogP contribution in [0.3, 0.4) is 0 Å². The van der Waals surface area contributed by atoms with Gasteiger partial charge in [0.1, 0.15) is 0 Å². The third-order valence-electron chi connectivity index (χ3n) is 2.69. The predicted octanol–water partition coefficient (Wildman–Crippen LogP) is 7.23. The maximum atomic E-state index is 6.02. The Balaban J connectivity index is 2.05. The summed E-state index contributed by atoms with van der Waals surface area (Å²) in [5, 5.41) is 2.15. The molecule has 0 aliphatic carbocycles. The fourth-order valence-corrected chi connectivity index (χ4v) is 3.93. The topological polar surface area (TPSA) is 9.23 Å². The lowest BCUT2D eigenvalue weighted by Crippen LogP contribution is -1.98. The number of hydrogen-bond donors (Lipinski definition) is 0. The molecule has 0 saturated carbocycles. The van der Waals surface area contributed by atoms with E-state index in [1.165, 1.54) is 0 Å². The van der Waals surface area contributed by atoms with E-state index in [9.17, 15) is 0 Å². The van der Waals surface area contributed by atoms with Crippen LogP contribution >= 0.6 is 91.6 Å². The third-order valence-corrected chi connectivity index (χ3v) is 6.15. The number of rotatable bonds is 4. The Labute approximate surface area is 170 Å². The molecule has 0 bridgehead atoms. The van der Waals surface area contributed by atoms with E-state index < -0.39 is 0 Å². The molecule has 112 valence electrons. The Morgan fingerprint density at radius 3 is 1.38 bits per heavy atom. The molecular formula is C14H8Cl4I2O. The summed E-state index contributed by atoms with van der Waals surface area (Å²) in [5.41, 5.74) is 2.00. The quantitative estimate of drug-likeness (QED) is 0.271. The van der Waals surface area contributed by atoms with E-state index in [4.69, 9.17) is 51.1 Å². The molecule has 0 spiro atoms. The fraction of sp³-hybridized carbons (Fsp3) is 0.143. The lowest BCUT2D eigenvalue weighted by molar-refractivity contribution is 0.106. The summed E-state index contributed by atoms with van der Waals surface area (Å²) in [6.07, 6.45) is 0. The number of ether oxygens (including phenoxy) is 1. The molecule has 7 heteroatoms. The molecule has 21 heavy (non-hydrogen) atoms. The number of halogens is 6. The van der Waals surface area contributed by atoms with Crippen LogP contribution in [0.5, 0.6) is 0 Å². The van der Waals surface area contributed by atoms with E-state index in [-0.39, 0.29) is 0 Å². The van der Waals surface area contributed by atoms with Crippen LogP contribution in [0.1, 0.15) is 11.1 Å². The molecule has 0 aromatic heterocycles. The van der Waals surface area contributed by atoms with Crippen molar-refractivity contribution in [2.75, 3.05) is 0 Å².